The number of aromatic nitrogens is 4. The predicted molar refractivity (Wildman–Crippen MR) is 97.8 cm³/mol. The molecule has 0 radical (unpaired) electrons. The molecule has 2 aromatic carbocycles. The van der Waals surface area contributed by atoms with E-state index in [0.717, 1.165) is 0 Å². The highest BCUT2D eigenvalue weighted by atomic mass is 16.5. The van der Waals surface area contributed by atoms with Gasteiger partial charge in [0.2, 0.25) is 0 Å². The van der Waals surface area contributed by atoms with Crippen molar-refractivity contribution in [1.29, 1.82) is 0 Å². The maximum absolute atomic E-state index is 12.5. The minimum absolute atomic E-state index is 0.0415. The number of amides is 1. The zero-order valence-electron chi connectivity index (χ0n) is 15.1. The minimum Gasteiger partial charge on any atom is -0.481 e. The average molecular weight is 369 g/mol. The molecule has 0 aliphatic carbocycles. The lowest BCUT2D eigenvalue weighted by Crippen LogP contribution is -2.25. The molecule has 0 aliphatic rings. The standard InChI is InChI=1S/C18H19N5O4/c1-18(2,3)23-21-16(20-22-23)17(26)19-13-8-9-14(27-10-15(24)25)12-7-5-4-6-11(12)13/h4-9H,10H2,1-3H3,(H,19,26)(H,24,25). The molecule has 3 aromatic rings. The van der Waals surface area contributed by atoms with Crippen LogP contribution in [0.4, 0.5) is 5.69 Å². The number of aliphatic carboxylic acids is 1. The average Bonchev–Trinajstić information content (AvgIpc) is 3.11. The van der Waals surface area contributed by atoms with Gasteiger partial charge in [-0.05, 0) is 38.1 Å². The Bertz CT molecular complexity index is 1010. The van der Waals surface area contributed by atoms with Gasteiger partial charge in [-0.2, -0.15) is 4.80 Å². The molecule has 1 heterocycles. The summed E-state index contributed by atoms with van der Waals surface area (Å²) < 4.78 is 5.32. The third kappa shape index (κ3) is 4.02. The van der Waals surface area contributed by atoms with Crippen molar-refractivity contribution in [3.63, 3.8) is 0 Å². The fraction of sp³-hybridized carbons (Fsp3) is 0.278. The molecule has 27 heavy (non-hydrogen) atoms. The molecule has 9 heteroatoms. The molecule has 3 rings (SSSR count). The Hall–Kier alpha value is -3.49. The van der Waals surface area contributed by atoms with Crippen LogP contribution in [0.5, 0.6) is 5.75 Å². The first kappa shape index (κ1) is 18.3. The second-order valence-corrected chi connectivity index (χ2v) is 6.87. The van der Waals surface area contributed by atoms with Crippen LogP contribution < -0.4 is 10.1 Å². The van der Waals surface area contributed by atoms with Crippen molar-refractivity contribution in [3.05, 3.63) is 42.2 Å². The number of carboxylic acids is 1. The number of fused-ring (bicyclic) bond motifs is 1. The number of tetrazole rings is 1. The quantitative estimate of drug-likeness (QED) is 0.708. The summed E-state index contributed by atoms with van der Waals surface area (Å²) in [5.74, 6) is -1.18. The molecule has 0 fully saturated rings. The Morgan fingerprint density at radius 1 is 1.15 bits per heavy atom. The molecule has 1 aromatic heterocycles. The second kappa shape index (κ2) is 7.02. The van der Waals surface area contributed by atoms with Gasteiger partial charge in [0.05, 0.1) is 5.54 Å². The van der Waals surface area contributed by atoms with Crippen LogP contribution in [-0.2, 0) is 10.3 Å². The number of ether oxygens (including phenoxy) is 1. The number of carboxylic acid groups (broad SMARTS) is 1. The van der Waals surface area contributed by atoms with Gasteiger partial charge in [0, 0.05) is 16.5 Å². The first-order valence-corrected chi connectivity index (χ1v) is 8.24. The molecule has 0 bridgehead atoms. The number of nitrogens with one attached hydrogen (secondary N) is 1. The van der Waals surface area contributed by atoms with E-state index in [1.807, 2.05) is 26.8 Å². The molecular formula is C18H19N5O4. The van der Waals surface area contributed by atoms with E-state index < -0.39 is 18.5 Å². The summed E-state index contributed by atoms with van der Waals surface area (Å²) in [4.78, 5) is 24.6. The Labute approximate surface area is 154 Å². The molecule has 0 atom stereocenters. The lowest BCUT2D eigenvalue weighted by Gasteiger charge is -2.15. The molecule has 9 nitrogen and oxygen atoms in total. The van der Waals surface area contributed by atoms with Crippen molar-refractivity contribution in [3.8, 4) is 5.75 Å². The maximum Gasteiger partial charge on any atom is 0.341 e. The van der Waals surface area contributed by atoms with Gasteiger partial charge in [-0.25, -0.2) is 4.79 Å². The molecule has 0 unspecified atom stereocenters. The maximum atomic E-state index is 12.5. The third-order valence-corrected chi connectivity index (χ3v) is 3.70. The summed E-state index contributed by atoms with van der Waals surface area (Å²) >= 11 is 0. The number of benzene rings is 2. The lowest BCUT2D eigenvalue weighted by atomic mass is 10.1. The van der Waals surface area contributed by atoms with Crippen molar-refractivity contribution in [2.45, 2.75) is 26.3 Å². The van der Waals surface area contributed by atoms with Crippen LogP contribution in [0.25, 0.3) is 10.8 Å². The Morgan fingerprint density at radius 2 is 1.85 bits per heavy atom. The number of carbonyl (C=O) groups is 2. The first-order chi connectivity index (χ1) is 12.8. The van der Waals surface area contributed by atoms with Crippen LogP contribution in [0.3, 0.4) is 0 Å². The van der Waals surface area contributed by atoms with Crippen LogP contribution >= 0.6 is 0 Å². The number of rotatable bonds is 5. The normalized spacial score (nSPS) is 11.4. The topological polar surface area (TPSA) is 119 Å². The molecular weight excluding hydrogens is 350 g/mol. The van der Waals surface area contributed by atoms with E-state index in [0.29, 0.717) is 22.2 Å². The zero-order valence-corrected chi connectivity index (χ0v) is 15.1. The van der Waals surface area contributed by atoms with Crippen molar-refractivity contribution >= 4 is 28.3 Å². The van der Waals surface area contributed by atoms with Crippen LogP contribution in [0.1, 0.15) is 31.4 Å². The highest BCUT2D eigenvalue weighted by Gasteiger charge is 2.21. The summed E-state index contributed by atoms with van der Waals surface area (Å²) in [5.41, 5.74) is 0.145. The summed E-state index contributed by atoms with van der Waals surface area (Å²) in [5, 5.41) is 24.8. The van der Waals surface area contributed by atoms with E-state index in [-0.39, 0.29) is 11.4 Å². The second-order valence-electron chi connectivity index (χ2n) is 6.87. The fourth-order valence-corrected chi connectivity index (χ4v) is 2.41. The molecule has 0 saturated carbocycles. The lowest BCUT2D eigenvalue weighted by molar-refractivity contribution is -0.139. The van der Waals surface area contributed by atoms with Crippen LogP contribution in [-0.4, -0.2) is 43.8 Å². The highest BCUT2D eigenvalue weighted by Crippen LogP contribution is 2.31. The Kier molecular flexibility index (Phi) is 4.76. The monoisotopic (exact) mass is 369 g/mol. The number of hydrogen-bond donors (Lipinski definition) is 2. The zero-order chi connectivity index (χ0) is 19.6. The van der Waals surface area contributed by atoms with Gasteiger partial charge >= 0.3 is 5.97 Å². The molecule has 140 valence electrons. The largest absolute Gasteiger partial charge is 0.481 e. The predicted octanol–water partition coefficient (Wildman–Crippen LogP) is 2.30. The van der Waals surface area contributed by atoms with E-state index in [9.17, 15) is 9.59 Å². The highest BCUT2D eigenvalue weighted by molar-refractivity contribution is 6.08. The number of hydrogen-bond acceptors (Lipinski definition) is 6. The van der Waals surface area contributed by atoms with Gasteiger partial charge in [0.25, 0.3) is 11.7 Å². The van der Waals surface area contributed by atoms with Crippen LogP contribution in [0.15, 0.2) is 36.4 Å². The summed E-state index contributed by atoms with van der Waals surface area (Å²) in [7, 11) is 0. The Balaban J connectivity index is 1.89. The van der Waals surface area contributed by atoms with Crippen LogP contribution in [0.2, 0.25) is 0 Å². The SMILES string of the molecule is CC(C)(C)n1nnc(C(=O)Nc2ccc(OCC(=O)O)c3ccccc23)n1. The van der Waals surface area contributed by atoms with Gasteiger partial charge in [-0.3, -0.25) is 4.79 Å². The van der Waals surface area contributed by atoms with E-state index >= 15 is 0 Å². The molecule has 1 amide bonds. The summed E-state index contributed by atoms with van der Waals surface area (Å²) in [6.07, 6.45) is 0. The van der Waals surface area contributed by atoms with Gasteiger partial charge < -0.3 is 15.2 Å². The van der Waals surface area contributed by atoms with Gasteiger partial charge in [-0.1, -0.05) is 24.3 Å². The van der Waals surface area contributed by atoms with Crippen molar-refractivity contribution in [2.24, 2.45) is 0 Å². The van der Waals surface area contributed by atoms with Crippen molar-refractivity contribution in [2.75, 3.05) is 11.9 Å². The van der Waals surface area contributed by atoms with E-state index in [1.54, 1.807) is 30.3 Å². The summed E-state index contributed by atoms with van der Waals surface area (Å²) in [6, 6.07) is 10.5. The smallest absolute Gasteiger partial charge is 0.341 e. The minimum atomic E-state index is -1.07. The molecule has 2 N–H and O–H groups in total. The number of carbonyl (C=O) groups excluding carboxylic acids is 1. The summed E-state index contributed by atoms with van der Waals surface area (Å²) in [6.45, 7) is 5.26. The van der Waals surface area contributed by atoms with E-state index in [1.165, 1.54) is 4.80 Å². The molecule has 0 aliphatic heterocycles. The van der Waals surface area contributed by atoms with Gasteiger partial charge in [0.1, 0.15) is 5.75 Å². The molecule has 0 saturated heterocycles. The van der Waals surface area contributed by atoms with Crippen molar-refractivity contribution < 1.29 is 19.4 Å². The third-order valence-electron chi connectivity index (χ3n) is 3.70. The van der Waals surface area contributed by atoms with E-state index in [2.05, 4.69) is 20.7 Å². The molecule has 0 spiro atoms. The van der Waals surface area contributed by atoms with Crippen LogP contribution in [0, 0.1) is 0 Å². The number of nitrogens with zero attached hydrogens (tertiary/aromatic N) is 4. The van der Waals surface area contributed by atoms with E-state index in [4.69, 9.17) is 9.84 Å². The van der Waals surface area contributed by atoms with Gasteiger partial charge in [-0.15, -0.1) is 10.2 Å². The first-order valence-electron chi connectivity index (χ1n) is 8.24. The van der Waals surface area contributed by atoms with Gasteiger partial charge in [0.15, 0.2) is 6.61 Å². The fourth-order valence-electron chi connectivity index (χ4n) is 2.41. The Morgan fingerprint density at radius 3 is 2.48 bits per heavy atom. The number of anilines is 1. The van der Waals surface area contributed by atoms with Crippen molar-refractivity contribution in [1.82, 2.24) is 20.2 Å².